The van der Waals surface area contributed by atoms with Gasteiger partial charge in [0.25, 0.3) is 11.8 Å². The maximum Gasteiger partial charge on any atom is 0.259 e. The van der Waals surface area contributed by atoms with Crippen LogP contribution < -0.4 is 27.0 Å². The van der Waals surface area contributed by atoms with Crippen molar-refractivity contribution in [2.75, 3.05) is 51.7 Å². The molecule has 0 radical (unpaired) electrons. The summed E-state index contributed by atoms with van der Waals surface area (Å²) in [6.45, 7) is 14.5. The largest absolute Gasteiger partial charge is 1.00 e. The molecule has 0 aromatic heterocycles. The van der Waals surface area contributed by atoms with E-state index in [1.165, 1.54) is 25.7 Å². The van der Waals surface area contributed by atoms with Crippen molar-refractivity contribution in [1.82, 2.24) is 4.90 Å². The fraction of sp³-hybridized carbons (Fsp3) is 0.562. The molecule has 6 nitrogen and oxygen atoms in total. The van der Waals surface area contributed by atoms with E-state index < -0.39 is 0 Å². The first-order chi connectivity index (χ1) is 18.4. The summed E-state index contributed by atoms with van der Waals surface area (Å²) in [5.41, 5.74) is 1.78. The minimum absolute atomic E-state index is 0. The van der Waals surface area contributed by atoms with Gasteiger partial charge in [-0.2, -0.15) is 0 Å². The van der Waals surface area contributed by atoms with E-state index in [4.69, 9.17) is 4.74 Å². The summed E-state index contributed by atoms with van der Waals surface area (Å²) in [5, 5.41) is 2.95. The van der Waals surface area contributed by atoms with Gasteiger partial charge in [-0.1, -0.05) is 58.1 Å². The van der Waals surface area contributed by atoms with Crippen molar-refractivity contribution >= 4 is 17.5 Å². The Kier molecular flexibility index (Phi) is 16.7. The summed E-state index contributed by atoms with van der Waals surface area (Å²) in [4.78, 5) is 27.8. The molecule has 0 aliphatic rings. The van der Waals surface area contributed by atoms with Crippen molar-refractivity contribution in [3.8, 4) is 5.75 Å². The zero-order valence-corrected chi connectivity index (χ0v) is 26.4. The number of carbonyl (C=O) groups is 2. The molecule has 0 atom stereocenters. The highest BCUT2D eigenvalue weighted by Crippen LogP contribution is 2.21. The Morgan fingerprint density at radius 3 is 2.10 bits per heavy atom. The van der Waals surface area contributed by atoms with Gasteiger partial charge in [-0.25, -0.2) is 0 Å². The van der Waals surface area contributed by atoms with E-state index in [2.05, 4.69) is 33.0 Å². The molecule has 2 rings (SSSR count). The molecule has 2 aromatic rings. The predicted molar refractivity (Wildman–Crippen MR) is 158 cm³/mol. The van der Waals surface area contributed by atoms with Gasteiger partial charge in [-0.15, -0.1) is 0 Å². The quantitative estimate of drug-likeness (QED) is 0.207. The Morgan fingerprint density at radius 1 is 0.821 bits per heavy atom. The topological polar surface area (TPSA) is 58.6 Å². The molecule has 7 heteroatoms. The van der Waals surface area contributed by atoms with Crippen molar-refractivity contribution in [2.45, 2.75) is 72.6 Å². The van der Waals surface area contributed by atoms with Crippen molar-refractivity contribution in [3.05, 3.63) is 59.7 Å². The monoisotopic (exact) mass is 603 g/mol. The van der Waals surface area contributed by atoms with E-state index in [1.807, 2.05) is 25.2 Å². The van der Waals surface area contributed by atoms with Crippen molar-refractivity contribution < 1.29 is 35.8 Å². The molecule has 0 aliphatic heterocycles. The number of likely N-dealkylation sites (N-methyl/N-ethyl adjacent to an activating group) is 2. The zero-order valence-electron chi connectivity index (χ0n) is 24.8. The number of halogens is 1. The fourth-order valence-corrected chi connectivity index (χ4v) is 4.87. The average molecular weight is 605 g/mol. The number of quaternary nitrogens is 1. The van der Waals surface area contributed by atoms with Crippen molar-refractivity contribution in [2.24, 2.45) is 0 Å². The van der Waals surface area contributed by atoms with Crippen LogP contribution in [0.2, 0.25) is 0 Å². The maximum atomic E-state index is 13.0. The Morgan fingerprint density at radius 2 is 1.46 bits per heavy atom. The Labute approximate surface area is 247 Å². The molecule has 0 spiro atoms. The second-order valence-electron chi connectivity index (χ2n) is 10.3. The second kappa shape index (κ2) is 18.8. The average Bonchev–Trinajstić information content (AvgIpc) is 2.95. The summed E-state index contributed by atoms with van der Waals surface area (Å²) in [6.07, 6.45) is 8.29. The molecule has 218 valence electrons. The number of hydrogen-bond acceptors (Lipinski definition) is 3. The highest BCUT2D eigenvalue weighted by atomic mass is 79.9. The molecule has 0 aliphatic carbocycles. The number of anilines is 1. The SMILES string of the molecule is CCCCCCCCOc1ccccc1C(=O)Nc1ccc(C(=O)N(C)CC[N+](CC)(CC)CCC)cc1.[Br-]. The van der Waals surface area contributed by atoms with Crippen LogP contribution in [0.3, 0.4) is 0 Å². The predicted octanol–water partition coefficient (Wildman–Crippen LogP) is 4.02. The summed E-state index contributed by atoms with van der Waals surface area (Å²) in [6, 6.07) is 14.5. The van der Waals surface area contributed by atoms with Crippen LogP contribution in [-0.4, -0.2) is 67.6 Å². The summed E-state index contributed by atoms with van der Waals surface area (Å²) in [5.74, 6) is 0.380. The Bertz CT molecular complexity index is 977. The van der Waals surface area contributed by atoms with Crippen molar-refractivity contribution in [1.29, 1.82) is 0 Å². The number of carbonyl (C=O) groups excluding carboxylic acids is 2. The van der Waals surface area contributed by atoms with Crippen LogP contribution in [-0.2, 0) is 0 Å². The van der Waals surface area contributed by atoms with Crippen LogP contribution >= 0.6 is 0 Å². The third kappa shape index (κ3) is 11.3. The smallest absolute Gasteiger partial charge is 0.259 e. The number of amides is 2. The number of nitrogens with zero attached hydrogens (tertiary/aromatic N) is 2. The summed E-state index contributed by atoms with van der Waals surface area (Å²) in [7, 11) is 1.87. The lowest BCUT2D eigenvalue weighted by atomic mass is 10.1. The number of benzene rings is 2. The van der Waals surface area contributed by atoms with Crippen LogP contribution in [0.4, 0.5) is 5.69 Å². The van der Waals surface area contributed by atoms with Gasteiger partial charge in [-0.3, -0.25) is 9.59 Å². The Balaban J connectivity index is 0.00000760. The molecule has 2 aromatic carbocycles. The van der Waals surface area contributed by atoms with Gasteiger partial charge >= 0.3 is 0 Å². The molecule has 1 N–H and O–H groups in total. The normalized spacial score (nSPS) is 11.0. The standard InChI is InChI=1S/C32H49N3O3.BrH/c1-6-10-11-12-13-16-26-38-30-18-15-14-17-29(30)31(36)33-28-21-19-27(20-22-28)32(37)34(5)23-25-35(8-3,9-4)24-7-2;/h14-15,17-22H,6-13,16,23-26H2,1-5H3;1H. The van der Waals surface area contributed by atoms with Gasteiger partial charge in [0.05, 0.1) is 44.9 Å². The van der Waals surface area contributed by atoms with Crippen LogP contribution in [0.15, 0.2) is 48.5 Å². The molecule has 2 amide bonds. The maximum absolute atomic E-state index is 13.0. The number of nitrogens with one attached hydrogen (secondary N) is 1. The van der Waals surface area contributed by atoms with Gasteiger partial charge < -0.3 is 36.4 Å². The molecule has 0 bridgehead atoms. The summed E-state index contributed by atoms with van der Waals surface area (Å²) < 4.78 is 6.98. The van der Waals surface area contributed by atoms with E-state index in [-0.39, 0.29) is 28.8 Å². The van der Waals surface area contributed by atoms with Gasteiger partial charge in [0.2, 0.25) is 0 Å². The molecule has 0 unspecified atom stereocenters. The minimum Gasteiger partial charge on any atom is -1.00 e. The Hall–Kier alpha value is -2.38. The van der Waals surface area contributed by atoms with Gasteiger partial charge in [0, 0.05) is 18.3 Å². The highest BCUT2D eigenvalue weighted by Gasteiger charge is 2.24. The van der Waals surface area contributed by atoms with Crippen LogP contribution in [0.5, 0.6) is 5.75 Å². The molecular formula is C32H50BrN3O3. The molecular weight excluding hydrogens is 554 g/mol. The number of unbranched alkanes of at least 4 members (excludes halogenated alkanes) is 5. The summed E-state index contributed by atoms with van der Waals surface area (Å²) >= 11 is 0. The highest BCUT2D eigenvalue weighted by molar-refractivity contribution is 6.06. The third-order valence-electron chi connectivity index (χ3n) is 7.57. The molecule has 0 saturated heterocycles. The number of ether oxygens (including phenoxy) is 1. The number of hydrogen-bond donors (Lipinski definition) is 1. The van der Waals surface area contributed by atoms with Crippen molar-refractivity contribution in [3.63, 3.8) is 0 Å². The number of para-hydroxylation sites is 1. The zero-order chi connectivity index (χ0) is 27.8. The fourth-order valence-electron chi connectivity index (χ4n) is 4.87. The van der Waals surface area contributed by atoms with Crippen LogP contribution in [0, 0.1) is 0 Å². The molecule has 39 heavy (non-hydrogen) atoms. The first-order valence-corrected chi connectivity index (χ1v) is 14.6. The van der Waals surface area contributed by atoms with Gasteiger partial charge in [-0.05, 0) is 63.1 Å². The molecule has 0 saturated carbocycles. The number of rotatable bonds is 18. The van der Waals surface area contributed by atoms with E-state index >= 15 is 0 Å². The van der Waals surface area contributed by atoms with Crippen LogP contribution in [0.1, 0.15) is 93.4 Å². The van der Waals surface area contributed by atoms with E-state index in [1.54, 1.807) is 35.2 Å². The molecule has 0 fully saturated rings. The van der Waals surface area contributed by atoms with E-state index in [0.717, 1.165) is 49.9 Å². The first-order valence-electron chi connectivity index (χ1n) is 14.6. The van der Waals surface area contributed by atoms with E-state index in [0.29, 0.717) is 35.7 Å². The lowest BCUT2D eigenvalue weighted by molar-refractivity contribution is -0.924. The lowest BCUT2D eigenvalue weighted by Crippen LogP contribution is -3.00. The van der Waals surface area contributed by atoms with Gasteiger partial charge in [0.15, 0.2) is 0 Å². The third-order valence-corrected chi connectivity index (χ3v) is 7.57. The van der Waals surface area contributed by atoms with Crippen LogP contribution in [0.25, 0.3) is 0 Å². The minimum atomic E-state index is -0.219. The second-order valence-corrected chi connectivity index (χ2v) is 10.3. The van der Waals surface area contributed by atoms with E-state index in [9.17, 15) is 9.59 Å². The first kappa shape index (κ1) is 34.6. The lowest BCUT2D eigenvalue weighted by Gasteiger charge is -2.38. The van der Waals surface area contributed by atoms with Gasteiger partial charge in [0.1, 0.15) is 5.75 Å². The molecule has 0 heterocycles.